The molecule has 0 aromatic carbocycles. The van der Waals surface area contributed by atoms with Crippen molar-refractivity contribution in [2.75, 3.05) is 11.5 Å². The highest BCUT2D eigenvalue weighted by atomic mass is 32.2. The highest BCUT2D eigenvalue weighted by Gasteiger charge is 2.49. The third kappa shape index (κ3) is 1.91. The highest BCUT2D eigenvalue weighted by molar-refractivity contribution is 7.99. The molecule has 0 radical (unpaired) electrons. The van der Waals surface area contributed by atoms with E-state index in [0.29, 0.717) is 12.2 Å². The van der Waals surface area contributed by atoms with Crippen molar-refractivity contribution in [1.82, 2.24) is 5.32 Å². The van der Waals surface area contributed by atoms with Gasteiger partial charge < -0.3 is 15.2 Å². The van der Waals surface area contributed by atoms with Crippen LogP contribution in [-0.4, -0.2) is 46.2 Å². The molecule has 100 valence electrons. The van der Waals surface area contributed by atoms with Gasteiger partial charge in [0.05, 0.1) is 18.1 Å². The number of carbonyl (C=O) groups is 2. The molecular weight excluding hydrogens is 254 g/mol. The van der Waals surface area contributed by atoms with E-state index in [0.717, 1.165) is 25.0 Å². The zero-order chi connectivity index (χ0) is 12.8. The summed E-state index contributed by atoms with van der Waals surface area (Å²) in [6.45, 7) is 0. The number of hydrogen-bond acceptors (Lipinski definition) is 4. The Morgan fingerprint density at radius 1 is 1.39 bits per heavy atom. The summed E-state index contributed by atoms with van der Waals surface area (Å²) in [6, 6.07) is 0. The number of carboxylic acid groups (broad SMARTS) is 1. The topological polar surface area (TPSA) is 75.6 Å². The number of thioether (sulfide) groups is 1. The second-order valence-corrected chi connectivity index (χ2v) is 6.50. The van der Waals surface area contributed by atoms with E-state index in [1.54, 1.807) is 11.8 Å². The summed E-state index contributed by atoms with van der Waals surface area (Å²) in [5.74, 6) is 0.0674. The third-order valence-electron chi connectivity index (χ3n) is 4.24. The van der Waals surface area contributed by atoms with Crippen molar-refractivity contribution in [3.8, 4) is 0 Å². The monoisotopic (exact) mass is 271 g/mol. The van der Waals surface area contributed by atoms with E-state index in [4.69, 9.17) is 4.74 Å². The maximum absolute atomic E-state index is 12.2. The molecule has 1 amide bonds. The molecule has 3 rings (SSSR count). The van der Waals surface area contributed by atoms with Crippen LogP contribution >= 0.6 is 11.8 Å². The summed E-state index contributed by atoms with van der Waals surface area (Å²) < 4.78 is 5.65. The average Bonchev–Trinajstić information content (AvgIpc) is 3.04. The van der Waals surface area contributed by atoms with Crippen LogP contribution in [0.25, 0.3) is 0 Å². The van der Waals surface area contributed by atoms with Crippen LogP contribution in [0.3, 0.4) is 0 Å². The molecule has 6 heteroatoms. The molecule has 0 aromatic rings. The van der Waals surface area contributed by atoms with E-state index < -0.39 is 11.5 Å². The SMILES string of the molecule is O=C(NC1(C(=O)O)CCSC1)C1CC2CCC1O2. The lowest BCUT2D eigenvalue weighted by molar-refractivity contribution is -0.147. The molecule has 2 N–H and O–H groups in total. The smallest absolute Gasteiger partial charge is 0.330 e. The minimum absolute atomic E-state index is 0.00917. The Labute approximate surface area is 110 Å². The van der Waals surface area contributed by atoms with Crippen LogP contribution in [0.5, 0.6) is 0 Å². The average molecular weight is 271 g/mol. The van der Waals surface area contributed by atoms with E-state index in [1.807, 2.05) is 0 Å². The molecule has 4 unspecified atom stereocenters. The van der Waals surface area contributed by atoms with Crippen molar-refractivity contribution in [3.05, 3.63) is 0 Å². The van der Waals surface area contributed by atoms with Crippen molar-refractivity contribution in [2.24, 2.45) is 5.92 Å². The van der Waals surface area contributed by atoms with Crippen molar-refractivity contribution >= 4 is 23.6 Å². The van der Waals surface area contributed by atoms with Gasteiger partial charge in [0.1, 0.15) is 5.54 Å². The quantitative estimate of drug-likeness (QED) is 0.787. The fourth-order valence-corrected chi connectivity index (χ4v) is 4.45. The maximum Gasteiger partial charge on any atom is 0.330 e. The molecule has 3 aliphatic heterocycles. The Kier molecular flexibility index (Phi) is 3.02. The first kappa shape index (κ1) is 12.3. The lowest BCUT2D eigenvalue weighted by atomic mass is 9.87. The molecule has 3 fully saturated rings. The zero-order valence-electron chi connectivity index (χ0n) is 10.1. The van der Waals surface area contributed by atoms with Gasteiger partial charge in [0.25, 0.3) is 0 Å². The Bertz CT molecular complexity index is 380. The number of amides is 1. The number of aliphatic carboxylic acids is 1. The summed E-state index contributed by atoms with van der Waals surface area (Å²) in [5, 5.41) is 12.1. The number of hydrogen-bond donors (Lipinski definition) is 2. The minimum Gasteiger partial charge on any atom is -0.479 e. The van der Waals surface area contributed by atoms with Crippen LogP contribution in [0.1, 0.15) is 25.7 Å². The van der Waals surface area contributed by atoms with Crippen LogP contribution in [0, 0.1) is 5.92 Å². The summed E-state index contributed by atoms with van der Waals surface area (Å²) in [5.41, 5.74) is -1.05. The fourth-order valence-electron chi connectivity index (χ4n) is 3.13. The van der Waals surface area contributed by atoms with E-state index >= 15 is 0 Å². The van der Waals surface area contributed by atoms with Gasteiger partial charge in [-0.2, -0.15) is 11.8 Å². The molecule has 18 heavy (non-hydrogen) atoms. The number of fused-ring (bicyclic) bond motifs is 2. The fraction of sp³-hybridized carbons (Fsp3) is 0.833. The Morgan fingerprint density at radius 3 is 2.72 bits per heavy atom. The van der Waals surface area contributed by atoms with Crippen molar-refractivity contribution in [2.45, 2.75) is 43.4 Å². The van der Waals surface area contributed by atoms with E-state index in [-0.39, 0.29) is 24.0 Å². The van der Waals surface area contributed by atoms with Gasteiger partial charge in [0, 0.05) is 5.75 Å². The molecule has 0 aromatic heterocycles. The van der Waals surface area contributed by atoms with Crippen molar-refractivity contribution in [1.29, 1.82) is 0 Å². The molecule has 3 heterocycles. The summed E-state index contributed by atoms with van der Waals surface area (Å²) >= 11 is 1.58. The summed E-state index contributed by atoms with van der Waals surface area (Å²) in [7, 11) is 0. The van der Waals surface area contributed by atoms with E-state index in [1.165, 1.54) is 0 Å². The summed E-state index contributed by atoms with van der Waals surface area (Å²) in [4.78, 5) is 23.6. The molecule has 0 aliphatic carbocycles. The lowest BCUT2D eigenvalue weighted by Gasteiger charge is -2.28. The first-order valence-electron chi connectivity index (χ1n) is 6.39. The van der Waals surface area contributed by atoms with Crippen LogP contribution in [-0.2, 0) is 14.3 Å². The van der Waals surface area contributed by atoms with Gasteiger partial charge in [-0.1, -0.05) is 0 Å². The second kappa shape index (κ2) is 4.42. The molecule has 4 atom stereocenters. The Hall–Kier alpha value is -0.750. The first-order valence-corrected chi connectivity index (χ1v) is 7.55. The molecule has 5 nitrogen and oxygen atoms in total. The van der Waals surface area contributed by atoms with Gasteiger partial charge >= 0.3 is 5.97 Å². The number of rotatable bonds is 3. The van der Waals surface area contributed by atoms with Gasteiger partial charge in [-0.15, -0.1) is 0 Å². The van der Waals surface area contributed by atoms with Gasteiger partial charge in [-0.3, -0.25) is 4.79 Å². The standard InChI is InChI=1S/C12H17NO4S/c14-10(8-5-7-1-2-9(8)17-7)13-12(11(15)16)3-4-18-6-12/h7-9H,1-6H2,(H,13,14)(H,15,16). The van der Waals surface area contributed by atoms with Crippen LogP contribution in [0.15, 0.2) is 0 Å². The number of carboxylic acids is 1. The lowest BCUT2D eigenvalue weighted by Crippen LogP contribution is -2.57. The molecule has 3 aliphatic rings. The van der Waals surface area contributed by atoms with E-state index in [2.05, 4.69) is 5.32 Å². The van der Waals surface area contributed by atoms with Gasteiger partial charge in [0.2, 0.25) is 5.91 Å². The number of carbonyl (C=O) groups excluding carboxylic acids is 1. The Morgan fingerprint density at radius 2 is 2.22 bits per heavy atom. The molecule has 2 bridgehead atoms. The predicted octanol–water partition coefficient (Wildman–Crippen LogP) is 0.630. The second-order valence-electron chi connectivity index (χ2n) is 5.40. The Balaban J connectivity index is 1.68. The highest BCUT2D eigenvalue weighted by Crippen LogP contribution is 2.39. The number of nitrogens with one attached hydrogen (secondary N) is 1. The minimum atomic E-state index is -1.05. The normalized spacial score (nSPS) is 42.1. The van der Waals surface area contributed by atoms with Gasteiger partial charge in [-0.25, -0.2) is 4.79 Å². The number of ether oxygens (including phenoxy) is 1. The third-order valence-corrected chi connectivity index (χ3v) is 5.43. The van der Waals surface area contributed by atoms with Crippen LogP contribution < -0.4 is 5.32 Å². The van der Waals surface area contributed by atoms with Crippen molar-refractivity contribution in [3.63, 3.8) is 0 Å². The molecular formula is C12H17NO4S. The maximum atomic E-state index is 12.2. The van der Waals surface area contributed by atoms with Crippen molar-refractivity contribution < 1.29 is 19.4 Å². The van der Waals surface area contributed by atoms with Crippen LogP contribution in [0.4, 0.5) is 0 Å². The van der Waals surface area contributed by atoms with Gasteiger partial charge in [-0.05, 0) is 31.4 Å². The molecule has 0 spiro atoms. The van der Waals surface area contributed by atoms with Crippen LogP contribution in [0.2, 0.25) is 0 Å². The first-order chi connectivity index (χ1) is 8.61. The molecule has 3 saturated heterocycles. The zero-order valence-corrected chi connectivity index (χ0v) is 10.9. The molecule has 0 saturated carbocycles. The largest absolute Gasteiger partial charge is 0.479 e. The van der Waals surface area contributed by atoms with E-state index in [9.17, 15) is 14.7 Å². The van der Waals surface area contributed by atoms with Gasteiger partial charge in [0.15, 0.2) is 0 Å². The predicted molar refractivity (Wildman–Crippen MR) is 66.5 cm³/mol. The summed E-state index contributed by atoms with van der Waals surface area (Å²) in [6.07, 6.45) is 3.45.